The molecule has 7 aromatic carbocycles. The Bertz CT molecular complexity index is 2220. The molecule has 0 aromatic heterocycles. The topological polar surface area (TPSA) is 50.3 Å². The molecule has 1 N–H and O–H groups in total. The molecular formula is C42H33N4O2P2+. The van der Waals surface area contributed by atoms with Crippen molar-refractivity contribution in [2.45, 2.75) is 0 Å². The highest BCUT2D eigenvalue weighted by molar-refractivity contribution is 7.82. The largest absolute Gasteiger partial charge is 0.376 e. The average Bonchev–Trinajstić information content (AvgIpc) is 3.62. The average molecular weight is 688 g/mol. The lowest BCUT2D eigenvalue weighted by molar-refractivity contribution is 0.582. The van der Waals surface area contributed by atoms with Gasteiger partial charge in [0.25, 0.3) is 0 Å². The van der Waals surface area contributed by atoms with Gasteiger partial charge in [0.1, 0.15) is 11.4 Å². The van der Waals surface area contributed by atoms with Crippen LogP contribution in [0.2, 0.25) is 0 Å². The van der Waals surface area contributed by atoms with Crippen molar-refractivity contribution in [2.24, 2.45) is 0 Å². The van der Waals surface area contributed by atoms with Crippen LogP contribution in [0.15, 0.2) is 194 Å². The summed E-state index contributed by atoms with van der Waals surface area (Å²) in [4.78, 5) is 13.6. The number of rotatable bonds is 6. The predicted molar refractivity (Wildman–Crippen MR) is 210 cm³/mol. The number of hydrogen-bond acceptors (Lipinski definition) is 4. The van der Waals surface area contributed by atoms with Crippen LogP contribution in [-0.2, 0) is 4.57 Å². The fourth-order valence-electron chi connectivity index (χ4n) is 7.21. The van der Waals surface area contributed by atoms with E-state index < -0.39 is 15.2 Å². The minimum absolute atomic E-state index is 0.615. The zero-order chi connectivity index (χ0) is 33.7. The summed E-state index contributed by atoms with van der Waals surface area (Å²) in [6.45, 7) is 0. The summed E-state index contributed by atoms with van der Waals surface area (Å²) in [7, 11) is -7.15. The highest BCUT2D eigenvalue weighted by Gasteiger charge is 2.62. The van der Waals surface area contributed by atoms with Crippen LogP contribution in [0.5, 0.6) is 0 Å². The first-order valence-electron chi connectivity index (χ1n) is 16.5. The van der Waals surface area contributed by atoms with E-state index in [1.54, 1.807) is 0 Å². The molecule has 0 atom stereocenters. The Labute approximate surface area is 292 Å². The van der Waals surface area contributed by atoms with Crippen LogP contribution >= 0.6 is 15.2 Å². The van der Waals surface area contributed by atoms with Crippen molar-refractivity contribution < 1.29 is 9.46 Å². The molecule has 2 aliphatic heterocycles. The van der Waals surface area contributed by atoms with Gasteiger partial charge in [-0.15, -0.1) is 0 Å². The van der Waals surface area contributed by atoms with Crippen LogP contribution in [0.25, 0.3) is 0 Å². The molecule has 8 heteroatoms. The van der Waals surface area contributed by atoms with Crippen molar-refractivity contribution in [3.63, 3.8) is 0 Å². The van der Waals surface area contributed by atoms with Gasteiger partial charge >= 0.3 is 15.2 Å². The second-order valence-corrected chi connectivity index (χ2v) is 17.1. The molecule has 2 heterocycles. The van der Waals surface area contributed by atoms with Gasteiger partial charge in [0.05, 0.1) is 28.1 Å². The van der Waals surface area contributed by atoms with Crippen molar-refractivity contribution in [3.8, 4) is 0 Å². The van der Waals surface area contributed by atoms with Crippen LogP contribution in [0.1, 0.15) is 0 Å². The molecule has 2 aliphatic rings. The quantitative estimate of drug-likeness (QED) is 0.176. The Kier molecular flexibility index (Phi) is 7.33. The van der Waals surface area contributed by atoms with E-state index in [2.05, 4.69) is 21.5 Å². The number of hydrogen-bond donors (Lipinski definition) is 1. The van der Waals surface area contributed by atoms with E-state index in [1.807, 2.05) is 191 Å². The van der Waals surface area contributed by atoms with Crippen LogP contribution in [0, 0.1) is 0 Å². The van der Waals surface area contributed by atoms with Crippen molar-refractivity contribution in [1.29, 1.82) is 0 Å². The maximum Gasteiger partial charge on any atom is 0.376 e. The molecule has 7 aromatic rings. The molecule has 0 amide bonds. The second-order valence-electron chi connectivity index (χ2n) is 12.2. The zero-order valence-corrected chi connectivity index (χ0v) is 28.8. The van der Waals surface area contributed by atoms with Gasteiger partial charge < -0.3 is 0 Å². The number of fused-ring (bicyclic) bond motifs is 2. The maximum absolute atomic E-state index is 16.5. The molecule has 242 valence electrons. The second kappa shape index (κ2) is 12.0. The minimum atomic E-state index is -3.69. The molecular weight excluding hydrogens is 654 g/mol. The molecule has 0 unspecified atom stereocenters. The molecule has 0 spiro atoms. The van der Waals surface area contributed by atoms with Gasteiger partial charge in [0.15, 0.2) is 5.30 Å². The molecule has 0 fully saturated rings. The van der Waals surface area contributed by atoms with E-state index in [0.29, 0.717) is 10.6 Å². The summed E-state index contributed by atoms with van der Waals surface area (Å²) in [6.07, 6.45) is 0. The molecule has 50 heavy (non-hydrogen) atoms. The van der Waals surface area contributed by atoms with E-state index in [0.717, 1.165) is 45.5 Å². The van der Waals surface area contributed by atoms with Crippen LogP contribution in [0.3, 0.4) is 0 Å². The third-order valence-corrected chi connectivity index (χ3v) is 15.2. The summed E-state index contributed by atoms with van der Waals surface area (Å²) in [5.74, 6) is 0. The smallest absolute Gasteiger partial charge is 0.270 e. The van der Waals surface area contributed by atoms with Crippen LogP contribution in [0.4, 0.5) is 45.5 Å². The summed E-state index contributed by atoms with van der Waals surface area (Å²) in [5, 5.41) is 1.30. The monoisotopic (exact) mass is 687 g/mol. The first kappa shape index (κ1) is 30.4. The highest BCUT2D eigenvalue weighted by Crippen LogP contribution is 2.75. The van der Waals surface area contributed by atoms with Crippen LogP contribution < -0.4 is 29.3 Å². The molecule has 0 saturated carbocycles. The number of nitrogens with zero attached hydrogens (tertiary/aromatic N) is 4. The number of benzene rings is 7. The standard InChI is InChI=1S/C42H33N4O2P2/c47-49(43(33-18-5-1-6-19-33)39-28-13-14-29-40(39)44(49)34-20-7-2-8-21-34)37-26-17-27-38(32-37)50(48)45(35-22-9-3-10-23-35)41-30-15-16-31-42(41)46(50)36-24-11-4-12-25-36/h1-32,47H/q+1. The van der Waals surface area contributed by atoms with Gasteiger partial charge in [-0.25, -0.2) is 0 Å². The predicted octanol–water partition coefficient (Wildman–Crippen LogP) is 10.9. The van der Waals surface area contributed by atoms with E-state index in [-0.39, 0.29) is 0 Å². The molecule has 0 radical (unpaired) electrons. The Balaban J connectivity index is 1.31. The lowest BCUT2D eigenvalue weighted by Gasteiger charge is -2.34. The molecule has 9 rings (SSSR count). The van der Waals surface area contributed by atoms with E-state index in [1.165, 1.54) is 0 Å². The van der Waals surface area contributed by atoms with E-state index >= 15 is 4.57 Å². The summed E-state index contributed by atoms with van der Waals surface area (Å²) in [6, 6.07) is 63.9. The maximum atomic E-state index is 16.5. The van der Waals surface area contributed by atoms with Gasteiger partial charge in [0, 0.05) is 17.4 Å². The summed E-state index contributed by atoms with van der Waals surface area (Å²) >= 11 is 0. The number of para-hydroxylation sites is 8. The van der Waals surface area contributed by atoms with Crippen molar-refractivity contribution in [3.05, 3.63) is 194 Å². The minimum Gasteiger partial charge on any atom is -0.270 e. The van der Waals surface area contributed by atoms with Crippen molar-refractivity contribution >= 4 is 71.3 Å². The highest BCUT2D eigenvalue weighted by atomic mass is 31.2. The van der Waals surface area contributed by atoms with Gasteiger partial charge in [-0.05, 0) is 84.9 Å². The Hall–Kier alpha value is -5.64. The van der Waals surface area contributed by atoms with E-state index in [4.69, 9.17) is 0 Å². The fourth-order valence-corrected chi connectivity index (χ4v) is 13.4. The summed E-state index contributed by atoms with van der Waals surface area (Å²) in [5.41, 5.74) is 6.91. The first-order chi connectivity index (χ1) is 24.6. The first-order valence-corrected chi connectivity index (χ1v) is 19.8. The Morgan fingerprint density at radius 1 is 0.400 bits per heavy atom. The van der Waals surface area contributed by atoms with Gasteiger partial charge in [-0.2, -0.15) is 14.2 Å². The van der Waals surface area contributed by atoms with Crippen molar-refractivity contribution in [2.75, 3.05) is 18.7 Å². The zero-order valence-electron chi connectivity index (χ0n) is 27.0. The summed E-state index contributed by atoms with van der Waals surface area (Å²) < 4.78 is 24.6. The molecule has 0 bridgehead atoms. The van der Waals surface area contributed by atoms with Crippen molar-refractivity contribution in [1.82, 2.24) is 0 Å². The molecule has 0 aliphatic carbocycles. The molecule has 0 saturated heterocycles. The Morgan fingerprint density at radius 3 is 1.18 bits per heavy atom. The fraction of sp³-hybridized carbons (Fsp3) is 0. The Morgan fingerprint density at radius 2 is 0.760 bits per heavy atom. The normalized spacial score (nSPS) is 15.5. The number of anilines is 8. The van der Waals surface area contributed by atoms with Gasteiger partial charge in [0.2, 0.25) is 0 Å². The third-order valence-electron chi connectivity index (χ3n) is 9.29. The van der Waals surface area contributed by atoms with Gasteiger partial charge in [-0.3, -0.25) is 13.9 Å². The molecule has 6 nitrogen and oxygen atoms in total. The SMILES string of the molecule is O=P1(c2cccc([P+]3(O)N(c4ccccc4)c4ccccc4N3c3ccccc3)c2)N(c2ccccc2)c2ccccc2N1c1ccccc1. The lowest BCUT2D eigenvalue weighted by Crippen LogP contribution is -2.35. The lowest BCUT2D eigenvalue weighted by atomic mass is 10.2. The van der Waals surface area contributed by atoms with Crippen LogP contribution in [-0.4, -0.2) is 4.89 Å². The van der Waals surface area contributed by atoms with E-state index in [9.17, 15) is 4.89 Å². The third kappa shape index (κ3) is 4.54. The van der Waals surface area contributed by atoms with Gasteiger partial charge in [-0.1, -0.05) is 103 Å².